The van der Waals surface area contributed by atoms with Gasteiger partial charge in [-0.2, -0.15) is 0 Å². The molecule has 0 unspecified atom stereocenters. The number of halogens is 4. The first-order chi connectivity index (χ1) is 18.4. The highest BCUT2D eigenvalue weighted by atomic mass is 79.9. The van der Waals surface area contributed by atoms with Crippen molar-refractivity contribution in [1.29, 1.82) is 0 Å². The third-order valence-corrected chi connectivity index (χ3v) is 18.1. The maximum absolute atomic E-state index is 3.97. The number of thiophene rings is 6. The van der Waals surface area contributed by atoms with Crippen molar-refractivity contribution < 1.29 is 0 Å². The van der Waals surface area contributed by atoms with Crippen LogP contribution in [0.2, 0.25) is 0 Å². The normalized spacial score (nSPS) is 12.8. The Labute approximate surface area is 276 Å². The van der Waals surface area contributed by atoms with E-state index in [2.05, 4.69) is 126 Å². The molecule has 0 aliphatic rings. The van der Waals surface area contributed by atoms with Gasteiger partial charge in [0, 0.05) is 38.9 Å². The minimum atomic E-state index is 1.16. The van der Waals surface area contributed by atoms with Gasteiger partial charge in [0.2, 0.25) is 0 Å². The zero-order valence-electron chi connectivity index (χ0n) is 19.6. The highest BCUT2D eigenvalue weighted by Crippen LogP contribution is 2.56. The Morgan fingerprint density at radius 1 is 0.500 bits per heavy atom. The lowest BCUT2D eigenvalue weighted by Gasteiger charge is -1.97. The molecule has 10 heteroatoms. The molecule has 0 nitrogen and oxygen atoms in total. The molecule has 6 heterocycles. The molecular weight excluding hydrogens is 848 g/mol. The lowest BCUT2D eigenvalue weighted by atomic mass is 10.2. The second-order valence-corrected chi connectivity index (χ2v) is 18.1. The molecule has 7 rings (SSSR count). The van der Waals surface area contributed by atoms with Gasteiger partial charge in [-0.25, -0.2) is 0 Å². The maximum atomic E-state index is 3.97. The van der Waals surface area contributed by atoms with Gasteiger partial charge < -0.3 is 0 Å². The summed E-state index contributed by atoms with van der Waals surface area (Å²) in [5.74, 6) is 0. The standard InChI is InChI=1S/C28H14Br4S6/c1-3-5-11-7-15(29)23(33-11)27-19(31)25-21(37-27)13-9-18-14(10-17(13)35-25)22-26(36-18)20(32)28(38-22)24-16(30)8-12(34-24)6-4-2/h3-10H,1-2H3/b5-3+,6-4+. The summed E-state index contributed by atoms with van der Waals surface area (Å²) in [5.41, 5.74) is 0. The van der Waals surface area contributed by atoms with Crippen LogP contribution < -0.4 is 0 Å². The third-order valence-electron chi connectivity index (χ3n) is 6.10. The quantitative estimate of drug-likeness (QED) is 0.165. The number of fused-ring (bicyclic) bond motifs is 6. The largest absolute Gasteiger partial charge is 0.134 e. The fourth-order valence-corrected chi connectivity index (χ4v) is 16.2. The van der Waals surface area contributed by atoms with Crippen molar-refractivity contribution in [3.63, 3.8) is 0 Å². The van der Waals surface area contributed by atoms with Crippen LogP contribution in [0.5, 0.6) is 0 Å². The van der Waals surface area contributed by atoms with E-state index in [-0.39, 0.29) is 0 Å². The van der Waals surface area contributed by atoms with Crippen molar-refractivity contribution in [2.75, 3.05) is 0 Å². The van der Waals surface area contributed by atoms with E-state index in [1.807, 2.05) is 68.0 Å². The summed E-state index contributed by atoms with van der Waals surface area (Å²) in [6, 6.07) is 9.25. The number of rotatable bonds is 4. The average molecular weight is 862 g/mol. The maximum Gasteiger partial charge on any atom is 0.0617 e. The summed E-state index contributed by atoms with van der Waals surface area (Å²) in [4.78, 5) is 7.72. The van der Waals surface area contributed by atoms with E-state index in [0.717, 1.165) is 8.95 Å². The Balaban J connectivity index is 1.39. The fourth-order valence-electron chi connectivity index (χ4n) is 4.50. The zero-order chi connectivity index (χ0) is 26.3. The fraction of sp³-hybridized carbons (Fsp3) is 0.0714. The van der Waals surface area contributed by atoms with Crippen molar-refractivity contribution in [1.82, 2.24) is 0 Å². The van der Waals surface area contributed by atoms with Crippen LogP contribution in [-0.2, 0) is 0 Å². The molecule has 0 saturated carbocycles. The minimum Gasteiger partial charge on any atom is -0.134 e. The number of benzene rings is 1. The van der Waals surface area contributed by atoms with Crippen LogP contribution in [0, 0.1) is 0 Å². The van der Waals surface area contributed by atoms with Crippen LogP contribution in [0.3, 0.4) is 0 Å². The molecule has 7 aromatic rings. The molecule has 0 saturated heterocycles. The Bertz CT molecular complexity index is 1950. The molecule has 38 heavy (non-hydrogen) atoms. The second kappa shape index (κ2) is 10.3. The number of hydrogen-bond donors (Lipinski definition) is 0. The van der Waals surface area contributed by atoms with E-state index in [0.29, 0.717) is 0 Å². The number of allylic oxidation sites excluding steroid dienone is 2. The van der Waals surface area contributed by atoms with Gasteiger partial charge in [0.1, 0.15) is 0 Å². The summed E-state index contributed by atoms with van der Waals surface area (Å²) in [6.45, 7) is 4.13. The first-order valence-electron chi connectivity index (χ1n) is 11.4. The molecule has 0 atom stereocenters. The topological polar surface area (TPSA) is 0 Å². The molecule has 0 spiro atoms. The molecule has 1 aromatic carbocycles. The molecule has 0 aliphatic carbocycles. The van der Waals surface area contributed by atoms with Crippen molar-refractivity contribution >= 4 is 183 Å². The minimum absolute atomic E-state index is 1.16. The van der Waals surface area contributed by atoms with Crippen LogP contribution in [0.1, 0.15) is 23.6 Å². The van der Waals surface area contributed by atoms with E-state index in [4.69, 9.17) is 0 Å². The lowest BCUT2D eigenvalue weighted by molar-refractivity contribution is 1.77. The van der Waals surface area contributed by atoms with Gasteiger partial charge in [-0.1, -0.05) is 12.2 Å². The van der Waals surface area contributed by atoms with Gasteiger partial charge in [-0.3, -0.25) is 0 Å². The van der Waals surface area contributed by atoms with Gasteiger partial charge in [0.25, 0.3) is 0 Å². The Morgan fingerprint density at radius 3 is 1.32 bits per heavy atom. The highest BCUT2D eigenvalue weighted by molar-refractivity contribution is 9.11. The Kier molecular flexibility index (Phi) is 7.24. The summed E-state index contributed by atoms with van der Waals surface area (Å²) in [6.07, 6.45) is 8.52. The summed E-state index contributed by atoms with van der Waals surface area (Å²) in [7, 11) is 0. The smallest absolute Gasteiger partial charge is 0.0617 e. The van der Waals surface area contributed by atoms with E-state index < -0.39 is 0 Å². The van der Waals surface area contributed by atoms with E-state index in [1.165, 1.54) is 77.2 Å². The van der Waals surface area contributed by atoms with Crippen molar-refractivity contribution in [2.45, 2.75) is 13.8 Å². The van der Waals surface area contributed by atoms with Crippen molar-refractivity contribution in [3.05, 3.63) is 64.1 Å². The van der Waals surface area contributed by atoms with E-state index in [1.54, 1.807) is 0 Å². The molecule has 6 aromatic heterocycles. The first kappa shape index (κ1) is 26.7. The monoisotopic (exact) mass is 858 g/mol. The van der Waals surface area contributed by atoms with Crippen LogP contribution in [0.15, 0.2) is 54.3 Å². The predicted octanol–water partition coefficient (Wildman–Crippen LogP) is 15.1. The third kappa shape index (κ3) is 4.20. The summed E-state index contributed by atoms with van der Waals surface area (Å²) >= 11 is 26.8. The molecule has 0 radical (unpaired) electrons. The lowest BCUT2D eigenvalue weighted by Crippen LogP contribution is -1.67. The molecule has 0 bridgehead atoms. The first-order valence-corrected chi connectivity index (χ1v) is 19.5. The van der Waals surface area contributed by atoms with Crippen LogP contribution >= 0.6 is 132 Å². The van der Waals surface area contributed by atoms with Crippen LogP contribution in [0.25, 0.3) is 70.6 Å². The zero-order valence-corrected chi connectivity index (χ0v) is 30.8. The molecule has 0 fully saturated rings. The molecule has 0 N–H and O–H groups in total. The van der Waals surface area contributed by atoms with Gasteiger partial charge in [0.15, 0.2) is 0 Å². The highest BCUT2D eigenvalue weighted by Gasteiger charge is 2.23. The molecule has 0 aliphatic heterocycles. The van der Waals surface area contributed by atoms with Crippen molar-refractivity contribution in [2.24, 2.45) is 0 Å². The van der Waals surface area contributed by atoms with Gasteiger partial charge in [-0.15, -0.1) is 68.0 Å². The predicted molar refractivity (Wildman–Crippen MR) is 195 cm³/mol. The summed E-state index contributed by atoms with van der Waals surface area (Å²) in [5, 5.41) is 2.72. The Morgan fingerprint density at radius 2 is 0.921 bits per heavy atom. The second-order valence-electron chi connectivity index (χ2n) is 8.51. The number of hydrogen-bond acceptors (Lipinski definition) is 6. The molecule has 0 amide bonds. The Hall–Kier alpha value is -0.140. The van der Waals surface area contributed by atoms with Gasteiger partial charge in [0.05, 0.1) is 47.3 Å². The van der Waals surface area contributed by atoms with E-state index >= 15 is 0 Å². The van der Waals surface area contributed by atoms with Gasteiger partial charge in [-0.05, 0) is 114 Å². The van der Waals surface area contributed by atoms with Crippen molar-refractivity contribution in [3.8, 4) is 19.5 Å². The molecular formula is C28H14Br4S6. The van der Waals surface area contributed by atoms with Crippen LogP contribution in [-0.4, -0.2) is 0 Å². The van der Waals surface area contributed by atoms with Crippen LogP contribution in [0.4, 0.5) is 0 Å². The van der Waals surface area contributed by atoms with Gasteiger partial charge >= 0.3 is 0 Å². The molecule has 190 valence electrons. The summed E-state index contributed by atoms with van der Waals surface area (Å²) < 4.78 is 12.9. The SMILES string of the molecule is C/C=C/c1cc(Br)c(-c2sc3c(sc4cc5c(cc43)sc3c(Br)c(-c4sc(/C=C/C)cc4Br)sc35)c2Br)s1. The van der Waals surface area contributed by atoms with E-state index in [9.17, 15) is 0 Å². The average Bonchev–Trinajstić information content (AvgIpc) is 3.70.